The molecule has 4 nitrogen and oxygen atoms in total. The van der Waals surface area contributed by atoms with Gasteiger partial charge in [-0.2, -0.15) is 4.31 Å². The molecule has 1 aliphatic rings. The Balaban J connectivity index is 2.56. The van der Waals surface area contributed by atoms with Crippen molar-refractivity contribution >= 4 is 10.0 Å². The minimum Gasteiger partial charge on any atom is -0.304 e. The first kappa shape index (κ1) is 16.5. The van der Waals surface area contributed by atoms with E-state index in [4.69, 9.17) is 0 Å². The number of piperazine rings is 1. The first-order valence-electron chi connectivity index (χ1n) is 7.43. The molecule has 21 heavy (non-hydrogen) atoms. The second-order valence-corrected chi connectivity index (χ2v) is 8.04. The molecule has 0 aliphatic carbocycles. The number of likely N-dealkylation sites (N-methyl/N-ethyl adjacent to an activating group) is 1. The predicted octanol–water partition coefficient (Wildman–Crippen LogP) is 2.16. The van der Waals surface area contributed by atoms with E-state index in [1.807, 2.05) is 34.7 Å². The van der Waals surface area contributed by atoms with Crippen LogP contribution in [0.5, 0.6) is 0 Å². The number of hydrogen-bond acceptors (Lipinski definition) is 3. The molecule has 1 heterocycles. The Hall–Kier alpha value is -0.910. The van der Waals surface area contributed by atoms with E-state index < -0.39 is 10.0 Å². The number of hydrogen-bond donors (Lipinski definition) is 0. The zero-order valence-electron chi connectivity index (χ0n) is 13.9. The summed E-state index contributed by atoms with van der Waals surface area (Å²) in [5.41, 5.74) is 5.17. The van der Waals surface area contributed by atoms with E-state index in [9.17, 15) is 8.42 Å². The monoisotopic (exact) mass is 310 g/mol. The minimum atomic E-state index is -3.40. The first-order valence-corrected chi connectivity index (χ1v) is 8.87. The van der Waals surface area contributed by atoms with Gasteiger partial charge in [0.15, 0.2) is 0 Å². The molecule has 0 aromatic heterocycles. The van der Waals surface area contributed by atoms with Crippen molar-refractivity contribution in [3.8, 4) is 0 Å². The van der Waals surface area contributed by atoms with E-state index in [0.717, 1.165) is 35.3 Å². The van der Waals surface area contributed by atoms with Gasteiger partial charge >= 0.3 is 0 Å². The van der Waals surface area contributed by atoms with Crippen LogP contribution >= 0.6 is 0 Å². The molecule has 1 aromatic carbocycles. The van der Waals surface area contributed by atoms with Gasteiger partial charge in [0.1, 0.15) is 0 Å². The van der Waals surface area contributed by atoms with Crippen LogP contribution in [0.15, 0.2) is 4.90 Å². The molecular weight excluding hydrogens is 284 g/mol. The molecule has 2 rings (SSSR count). The van der Waals surface area contributed by atoms with Gasteiger partial charge < -0.3 is 4.90 Å². The Morgan fingerprint density at radius 1 is 0.714 bits per heavy atom. The van der Waals surface area contributed by atoms with Crippen LogP contribution in [0.2, 0.25) is 0 Å². The predicted molar refractivity (Wildman–Crippen MR) is 86.4 cm³/mol. The molecule has 5 heteroatoms. The Kier molecular flexibility index (Phi) is 4.47. The van der Waals surface area contributed by atoms with Crippen LogP contribution in [0.4, 0.5) is 0 Å². The lowest BCUT2D eigenvalue weighted by molar-refractivity contribution is 0.222. The highest BCUT2D eigenvalue weighted by Crippen LogP contribution is 2.31. The quantitative estimate of drug-likeness (QED) is 0.840. The van der Waals surface area contributed by atoms with Gasteiger partial charge in [-0.05, 0) is 69.5 Å². The topological polar surface area (TPSA) is 40.6 Å². The van der Waals surface area contributed by atoms with Crippen molar-refractivity contribution < 1.29 is 8.42 Å². The second-order valence-electron chi connectivity index (χ2n) is 6.16. The van der Waals surface area contributed by atoms with Gasteiger partial charge in [-0.25, -0.2) is 8.42 Å². The molecule has 0 atom stereocenters. The summed E-state index contributed by atoms with van der Waals surface area (Å²) in [5.74, 6) is 0. The fourth-order valence-electron chi connectivity index (χ4n) is 3.01. The Bertz CT molecular complexity index is 628. The number of rotatable bonds is 2. The van der Waals surface area contributed by atoms with Crippen LogP contribution in [-0.2, 0) is 10.0 Å². The lowest BCUT2D eigenvalue weighted by Crippen LogP contribution is -2.47. The van der Waals surface area contributed by atoms with E-state index in [-0.39, 0.29) is 0 Å². The van der Waals surface area contributed by atoms with Gasteiger partial charge in [-0.15, -0.1) is 0 Å². The fraction of sp³-hybridized carbons (Fsp3) is 0.625. The molecule has 0 bridgehead atoms. The van der Waals surface area contributed by atoms with Crippen LogP contribution in [0.1, 0.15) is 27.8 Å². The van der Waals surface area contributed by atoms with E-state index >= 15 is 0 Å². The van der Waals surface area contributed by atoms with Crippen molar-refractivity contribution in [2.24, 2.45) is 0 Å². The first-order chi connectivity index (χ1) is 9.67. The van der Waals surface area contributed by atoms with E-state index in [1.54, 1.807) is 4.31 Å². The summed E-state index contributed by atoms with van der Waals surface area (Å²) in [4.78, 5) is 2.69. The Morgan fingerprint density at radius 3 is 1.52 bits per heavy atom. The summed E-state index contributed by atoms with van der Waals surface area (Å²) in [5, 5.41) is 0. The average molecular weight is 310 g/mol. The van der Waals surface area contributed by atoms with Gasteiger partial charge in [0.05, 0.1) is 4.90 Å². The number of nitrogens with zero attached hydrogens (tertiary/aromatic N) is 2. The largest absolute Gasteiger partial charge is 0.304 e. The van der Waals surface area contributed by atoms with Crippen molar-refractivity contribution in [3.05, 3.63) is 27.8 Å². The van der Waals surface area contributed by atoms with Gasteiger partial charge in [-0.3, -0.25) is 0 Å². The molecule has 0 amide bonds. The molecule has 0 N–H and O–H groups in total. The maximum Gasteiger partial charge on any atom is 0.243 e. The van der Waals surface area contributed by atoms with Gasteiger partial charge in [0.25, 0.3) is 0 Å². The summed E-state index contributed by atoms with van der Waals surface area (Å²) in [6.45, 7) is 12.7. The second kappa shape index (κ2) is 5.71. The maximum absolute atomic E-state index is 13.1. The van der Waals surface area contributed by atoms with Crippen LogP contribution < -0.4 is 0 Å². The molecule has 1 fully saturated rings. The van der Waals surface area contributed by atoms with Crippen molar-refractivity contribution in [2.75, 3.05) is 33.2 Å². The fourth-order valence-corrected chi connectivity index (χ4v) is 4.99. The smallest absolute Gasteiger partial charge is 0.243 e. The Labute approximate surface area is 128 Å². The third-order valence-electron chi connectivity index (χ3n) is 4.99. The Morgan fingerprint density at radius 2 is 1.10 bits per heavy atom. The van der Waals surface area contributed by atoms with Crippen molar-refractivity contribution in [1.29, 1.82) is 0 Å². The highest BCUT2D eigenvalue weighted by Gasteiger charge is 2.31. The third kappa shape index (κ3) is 2.74. The molecule has 1 saturated heterocycles. The van der Waals surface area contributed by atoms with Gasteiger partial charge in [0.2, 0.25) is 10.0 Å². The minimum absolute atomic E-state index is 0.521. The van der Waals surface area contributed by atoms with Crippen LogP contribution in [0, 0.1) is 34.6 Å². The third-order valence-corrected chi connectivity index (χ3v) is 7.16. The number of sulfonamides is 1. The highest BCUT2D eigenvalue weighted by molar-refractivity contribution is 7.89. The summed E-state index contributed by atoms with van der Waals surface area (Å²) >= 11 is 0. The zero-order valence-corrected chi connectivity index (χ0v) is 14.8. The molecule has 0 spiro atoms. The van der Waals surface area contributed by atoms with E-state index in [1.165, 1.54) is 5.56 Å². The summed E-state index contributed by atoms with van der Waals surface area (Å²) in [7, 11) is -1.37. The van der Waals surface area contributed by atoms with Crippen molar-refractivity contribution in [3.63, 3.8) is 0 Å². The summed E-state index contributed by atoms with van der Waals surface area (Å²) in [6.07, 6.45) is 0. The molecule has 0 radical (unpaired) electrons. The molecule has 118 valence electrons. The summed E-state index contributed by atoms with van der Waals surface area (Å²) < 4.78 is 27.8. The van der Waals surface area contributed by atoms with Crippen LogP contribution in [-0.4, -0.2) is 50.8 Å². The molecular formula is C16H26N2O2S. The average Bonchev–Trinajstić information content (AvgIpc) is 2.43. The molecule has 0 saturated carbocycles. The molecule has 1 aliphatic heterocycles. The highest BCUT2D eigenvalue weighted by atomic mass is 32.2. The normalized spacial score (nSPS) is 18.2. The molecule has 0 unspecified atom stereocenters. The lowest BCUT2D eigenvalue weighted by atomic mass is 9.95. The SMILES string of the molecule is Cc1c(C)c(C)c(S(=O)(=O)N2CCN(C)CC2)c(C)c1C. The maximum atomic E-state index is 13.1. The van der Waals surface area contributed by atoms with E-state index in [2.05, 4.69) is 11.8 Å². The lowest BCUT2D eigenvalue weighted by Gasteiger charge is -2.33. The zero-order chi connectivity index (χ0) is 15.9. The molecule has 1 aromatic rings. The summed E-state index contributed by atoms with van der Waals surface area (Å²) in [6, 6.07) is 0. The van der Waals surface area contributed by atoms with E-state index in [0.29, 0.717) is 18.0 Å². The van der Waals surface area contributed by atoms with Crippen LogP contribution in [0.3, 0.4) is 0 Å². The van der Waals surface area contributed by atoms with Crippen molar-refractivity contribution in [1.82, 2.24) is 9.21 Å². The standard InChI is InChI=1S/C16H26N2O2S/c1-11-12(2)14(4)16(15(5)13(11)3)21(19,20)18-9-7-17(6)8-10-18/h7-10H2,1-6H3. The van der Waals surface area contributed by atoms with Crippen LogP contribution in [0.25, 0.3) is 0 Å². The van der Waals surface area contributed by atoms with Crippen molar-refractivity contribution in [2.45, 2.75) is 39.5 Å². The van der Waals surface area contributed by atoms with Gasteiger partial charge in [0, 0.05) is 26.2 Å². The number of benzene rings is 1. The van der Waals surface area contributed by atoms with Gasteiger partial charge in [-0.1, -0.05) is 0 Å².